The summed E-state index contributed by atoms with van der Waals surface area (Å²) >= 11 is 5.98. The highest BCUT2D eigenvalue weighted by Crippen LogP contribution is 2.46. The van der Waals surface area contributed by atoms with Gasteiger partial charge in [0.2, 0.25) is 11.8 Å². The predicted molar refractivity (Wildman–Crippen MR) is 140 cm³/mol. The molecule has 3 fully saturated rings. The Morgan fingerprint density at radius 2 is 2.00 bits per heavy atom. The van der Waals surface area contributed by atoms with Crippen molar-refractivity contribution in [1.29, 1.82) is 5.26 Å². The van der Waals surface area contributed by atoms with E-state index in [4.69, 9.17) is 16.3 Å². The summed E-state index contributed by atoms with van der Waals surface area (Å²) in [6.07, 6.45) is 11.6. The molecule has 0 bridgehead atoms. The number of halogens is 1. The number of benzene rings is 1. The lowest BCUT2D eigenvalue weighted by atomic mass is 9.84. The van der Waals surface area contributed by atoms with Crippen molar-refractivity contribution in [3.8, 4) is 6.07 Å². The van der Waals surface area contributed by atoms with E-state index in [9.17, 15) is 19.6 Å². The number of alkyl carbamates (subject to hydrolysis) is 1. The Kier molecular flexibility index (Phi) is 9.09. The summed E-state index contributed by atoms with van der Waals surface area (Å²) < 4.78 is 5.28. The van der Waals surface area contributed by atoms with Crippen LogP contribution in [0.1, 0.15) is 69.8 Å². The first-order valence-corrected chi connectivity index (χ1v) is 13.6. The van der Waals surface area contributed by atoms with Crippen molar-refractivity contribution in [2.45, 2.75) is 81.8 Å². The standard InChI is InChI=1S/C28H35ClN4O4/c29-22-10-4-8-19(14-22)9-5-13-37-27(36)32-24(15-20-6-2-1-3-7-20)26(35)31-23(18-30)16-21-17-28(11-12-28)33-25(21)34/h4-5,8-10,14,20-21,23-24H,1-3,6-7,11-13,15-17H2,(H,31,35)(H,32,36)(H,33,34)/b9-5+/t21-,23-,24-/m0/s1. The van der Waals surface area contributed by atoms with Crippen molar-refractivity contribution < 1.29 is 19.1 Å². The van der Waals surface area contributed by atoms with Gasteiger partial charge >= 0.3 is 6.09 Å². The maximum Gasteiger partial charge on any atom is 0.408 e. The fourth-order valence-corrected chi connectivity index (χ4v) is 5.64. The molecule has 1 spiro atoms. The van der Waals surface area contributed by atoms with Crippen molar-refractivity contribution in [2.75, 3.05) is 6.61 Å². The molecule has 8 nitrogen and oxygen atoms in total. The zero-order valence-electron chi connectivity index (χ0n) is 21.0. The molecule has 2 aliphatic carbocycles. The average molecular weight is 527 g/mol. The lowest BCUT2D eigenvalue weighted by molar-refractivity contribution is -0.125. The van der Waals surface area contributed by atoms with Crippen molar-refractivity contribution in [3.63, 3.8) is 0 Å². The summed E-state index contributed by atoms with van der Waals surface area (Å²) in [5.74, 6) is -0.418. The van der Waals surface area contributed by atoms with Gasteiger partial charge in [-0.2, -0.15) is 5.26 Å². The second kappa shape index (κ2) is 12.5. The summed E-state index contributed by atoms with van der Waals surface area (Å²) in [7, 11) is 0. The molecule has 4 rings (SSSR count). The quantitative estimate of drug-likeness (QED) is 0.415. The predicted octanol–water partition coefficient (Wildman–Crippen LogP) is 4.49. The third-order valence-corrected chi connectivity index (χ3v) is 7.85. The summed E-state index contributed by atoms with van der Waals surface area (Å²) in [5.41, 5.74) is 0.805. The largest absolute Gasteiger partial charge is 0.445 e. The highest BCUT2D eigenvalue weighted by molar-refractivity contribution is 6.30. The van der Waals surface area contributed by atoms with Crippen molar-refractivity contribution in [3.05, 3.63) is 40.9 Å². The van der Waals surface area contributed by atoms with E-state index in [0.717, 1.165) is 44.1 Å². The minimum Gasteiger partial charge on any atom is -0.445 e. The van der Waals surface area contributed by atoms with E-state index >= 15 is 0 Å². The number of hydrogen-bond donors (Lipinski definition) is 3. The fourth-order valence-electron chi connectivity index (χ4n) is 5.44. The van der Waals surface area contributed by atoms with E-state index in [0.29, 0.717) is 23.8 Å². The molecule has 9 heteroatoms. The lowest BCUT2D eigenvalue weighted by Gasteiger charge is -2.27. The van der Waals surface area contributed by atoms with Gasteiger partial charge in [0, 0.05) is 16.5 Å². The third-order valence-electron chi connectivity index (χ3n) is 7.61. The van der Waals surface area contributed by atoms with Gasteiger partial charge in [-0.1, -0.05) is 61.9 Å². The van der Waals surface area contributed by atoms with Gasteiger partial charge in [0.05, 0.1) is 6.07 Å². The van der Waals surface area contributed by atoms with Gasteiger partial charge < -0.3 is 20.7 Å². The maximum atomic E-state index is 13.2. The number of hydrogen-bond acceptors (Lipinski definition) is 5. The number of rotatable bonds is 10. The SMILES string of the molecule is N#C[C@H](C[C@H]1CC2(CC2)NC1=O)NC(=O)[C@H](CC1CCCCC1)NC(=O)OC/C=C/c1cccc(Cl)c1. The molecule has 3 aliphatic rings. The van der Waals surface area contributed by atoms with Crippen LogP contribution in [0.25, 0.3) is 6.08 Å². The normalized spacial score (nSPS) is 22.2. The molecule has 1 aromatic carbocycles. The molecular formula is C28H35ClN4O4. The number of ether oxygens (including phenoxy) is 1. The smallest absolute Gasteiger partial charge is 0.408 e. The molecule has 37 heavy (non-hydrogen) atoms. The Labute approximate surface area is 223 Å². The minimum atomic E-state index is -0.810. The molecule has 3 N–H and O–H groups in total. The average Bonchev–Trinajstić information content (AvgIpc) is 3.56. The highest BCUT2D eigenvalue weighted by atomic mass is 35.5. The number of carbonyl (C=O) groups is 3. The first-order chi connectivity index (χ1) is 17.9. The Balaban J connectivity index is 1.31. The van der Waals surface area contributed by atoms with Crippen LogP contribution in [0.4, 0.5) is 4.79 Å². The van der Waals surface area contributed by atoms with Gasteiger partial charge in [-0.15, -0.1) is 0 Å². The number of amides is 3. The Morgan fingerprint density at radius 3 is 2.68 bits per heavy atom. The zero-order valence-corrected chi connectivity index (χ0v) is 21.8. The molecular weight excluding hydrogens is 492 g/mol. The van der Waals surface area contributed by atoms with Crippen molar-refractivity contribution in [1.82, 2.24) is 16.0 Å². The van der Waals surface area contributed by atoms with Crippen molar-refractivity contribution >= 4 is 35.6 Å². The summed E-state index contributed by atoms with van der Waals surface area (Å²) in [4.78, 5) is 38.1. The second-order valence-corrected chi connectivity index (χ2v) is 11.0. The molecule has 1 saturated heterocycles. The van der Waals surface area contributed by atoms with E-state index < -0.39 is 24.1 Å². The number of nitrogens with one attached hydrogen (secondary N) is 3. The van der Waals surface area contributed by atoms with Crippen LogP contribution in [-0.4, -0.2) is 42.1 Å². The van der Waals surface area contributed by atoms with E-state index in [2.05, 4.69) is 22.0 Å². The number of nitrogens with zero attached hydrogens (tertiary/aromatic N) is 1. The molecule has 0 aromatic heterocycles. The monoisotopic (exact) mass is 526 g/mol. The summed E-state index contributed by atoms with van der Waals surface area (Å²) in [5, 5.41) is 18.8. The Hall–Kier alpha value is -3.05. The van der Waals surface area contributed by atoms with Crippen LogP contribution >= 0.6 is 11.6 Å². The van der Waals surface area contributed by atoms with Crippen molar-refractivity contribution in [2.24, 2.45) is 11.8 Å². The van der Waals surface area contributed by atoms with E-state index in [1.165, 1.54) is 6.42 Å². The minimum absolute atomic E-state index is 0.0372. The molecule has 1 aliphatic heterocycles. The van der Waals surface area contributed by atoms with Gasteiger partial charge in [-0.05, 0) is 61.8 Å². The molecule has 2 saturated carbocycles. The zero-order chi connectivity index (χ0) is 26.3. The number of carbonyl (C=O) groups excluding carboxylic acids is 3. The molecule has 1 heterocycles. The van der Waals surface area contributed by atoms with Gasteiger partial charge in [-0.25, -0.2) is 4.79 Å². The Morgan fingerprint density at radius 1 is 1.22 bits per heavy atom. The highest BCUT2D eigenvalue weighted by Gasteiger charge is 2.52. The first kappa shape index (κ1) is 27.0. The van der Waals surface area contributed by atoms with Crippen LogP contribution in [0.3, 0.4) is 0 Å². The van der Waals surface area contributed by atoms with Gasteiger partial charge in [0.15, 0.2) is 0 Å². The van der Waals surface area contributed by atoms with Crippen LogP contribution in [-0.2, 0) is 14.3 Å². The summed E-state index contributed by atoms with van der Waals surface area (Å²) in [6, 6.07) is 7.82. The summed E-state index contributed by atoms with van der Waals surface area (Å²) in [6.45, 7) is 0.0372. The maximum absolute atomic E-state index is 13.2. The van der Waals surface area contributed by atoms with Crippen LogP contribution in [0, 0.1) is 23.2 Å². The van der Waals surface area contributed by atoms with Gasteiger partial charge in [0.1, 0.15) is 18.7 Å². The third kappa shape index (κ3) is 7.96. The van der Waals surface area contributed by atoms with Crippen LogP contribution in [0.5, 0.6) is 0 Å². The molecule has 3 atom stereocenters. The van der Waals surface area contributed by atoms with Crippen LogP contribution in [0.15, 0.2) is 30.3 Å². The van der Waals surface area contributed by atoms with Gasteiger partial charge in [-0.3, -0.25) is 9.59 Å². The second-order valence-electron chi connectivity index (χ2n) is 10.6. The fraction of sp³-hybridized carbons (Fsp3) is 0.571. The number of nitriles is 1. The molecule has 0 unspecified atom stereocenters. The van der Waals surface area contributed by atoms with Crippen LogP contribution in [0.2, 0.25) is 5.02 Å². The molecule has 1 aromatic rings. The van der Waals surface area contributed by atoms with E-state index in [-0.39, 0.29) is 30.4 Å². The first-order valence-electron chi connectivity index (χ1n) is 13.2. The lowest BCUT2D eigenvalue weighted by Crippen LogP contribution is -2.50. The molecule has 198 valence electrons. The van der Waals surface area contributed by atoms with Gasteiger partial charge in [0.25, 0.3) is 0 Å². The topological polar surface area (TPSA) is 120 Å². The van der Waals surface area contributed by atoms with E-state index in [1.54, 1.807) is 24.3 Å². The van der Waals surface area contributed by atoms with Crippen LogP contribution < -0.4 is 16.0 Å². The molecule has 0 radical (unpaired) electrons. The molecule has 3 amide bonds. The van der Waals surface area contributed by atoms with E-state index in [1.807, 2.05) is 12.1 Å². The Bertz CT molecular complexity index is 1060.